The first kappa shape index (κ1) is 15.6. The van der Waals surface area contributed by atoms with Gasteiger partial charge in [0.25, 0.3) is 0 Å². The maximum atomic E-state index is 13.0. The van der Waals surface area contributed by atoms with Crippen LogP contribution in [0, 0.1) is 0 Å². The number of carbonyl (C=O) groups is 2. The fourth-order valence-electron chi connectivity index (χ4n) is 4.36. The molecule has 0 radical (unpaired) electrons. The lowest BCUT2D eigenvalue weighted by Crippen LogP contribution is -2.58. The summed E-state index contributed by atoms with van der Waals surface area (Å²) < 4.78 is 5.87. The number of amides is 2. The second-order valence-corrected chi connectivity index (χ2v) is 7.34. The summed E-state index contributed by atoms with van der Waals surface area (Å²) >= 11 is 0. The van der Waals surface area contributed by atoms with Gasteiger partial charge in [0.15, 0.2) is 0 Å². The number of piperidine rings is 1. The van der Waals surface area contributed by atoms with Crippen molar-refractivity contribution in [3.63, 3.8) is 0 Å². The Balaban J connectivity index is 1.41. The highest BCUT2D eigenvalue weighted by Crippen LogP contribution is 2.36. The third-order valence-electron chi connectivity index (χ3n) is 5.87. The summed E-state index contributed by atoms with van der Waals surface area (Å²) in [7, 11) is 1.83. The Morgan fingerprint density at radius 2 is 2.00 bits per heavy atom. The second-order valence-electron chi connectivity index (χ2n) is 7.34. The van der Waals surface area contributed by atoms with Crippen LogP contribution in [0.5, 0.6) is 0 Å². The standard InChI is InChI=1S/C19H24N2O3/c1-20-13-19(24-12-17(20)22)8-10-21(11-9-19)18(23)16-7-6-14-4-2-3-5-15(14)16/h2-5,16H,6-13H2,1H3. The van der Waals surface area contributed by atoms with E-state index in [9.17, 15) is 9.59 Å². The van der Waals surface area contributed by atoms with Gasteiger partial charge in [-0.15, -0.1) is 0 Å². The molecule has 1 spiro atoms. The quantitative estimate of drug-likeness (QED) is 0.786. The molecule has 4 rings (SSSR count). The first-order valence-corrected chi connectivity index (χ1v) is 8.82. The molecule has 0 bridgehead atoms. The monoisotopic (exact) mass is 328 g/mol. The molecule has 5 heteroatoms. The van der Waals surface area contributed by atoms with Crippen molar-refractivity contribution >= 4 is 11.8 Å². The van der Waals surface area contributed by atoms with E-state index < -0.39 is 0 Å². The van der Waals surface area contributed by atoms with Gasteiger partial charge in [0.05, 0.1) is 11.5 Å². The van der Waals surface area contributed by atoms with E-state index in [0.717, 1.165) is 38.8 Å². The number of aryl methyl sites for hydroxylation is 1. The highest BCUT2D eigenvalue weighted by Gasteiger charge is 2.43. The van der Waals surface area contributed by atoms with E-state index in [1.165, 1.54) is 11.1 Å². The Morgan fingerprint density at radius 1 is 1.25 bits per heavy atom. The second kappa shape index (κ2) is 5.88. The van der Waals surface area contributed by atoms with E-state index in [1.54, 1.807) is 4.90 Å². The average Bonchev–Trinajstić information content (AvgIpc) is 3.03. The molecule has 2 aliphatic heterocycles. The summed E-state index contributed by atoms with van der Waals surface area (Å²) in [6.07, 6.45) is 3.55. The lowest BCUT2D eigenvalue weighted by molar-refractivity contribution is -0.171. The van der Waals surface area contributed by atoms with Crippen molar-refractivity contribution in [3.8, 4) is 0 Å². The van der Waals surface area contributed by atoms with Crippen molar-refractivity contribution in [3.05, 3.63) is 35.4 Å². The van der Waals surface area contributed by atoms with Gasteiger partial charge in [-0.25, -0.2) is 0 Å². The molecular formula is C19H24N2O3. The Bertz CT molecular complexity index is 664. The summed E-state index contributed by atoms with van der Waals surface area (Å²) in [4.78, 5) is 28.3. The van der Waals surface area contributed by atoms with Crippen LogP contribution in [0.1, 0.15) is 36.3 Å². The molecule has 1 aromatic carbocycles. The molecule has 2 heterocycles. The number of morpholine rings is 1. The first-order valence-electron chi connectivity index (χ1n) is 8.82. The molecule has 24 heavy (non-hydrogen) atoms. The van der Waals surface area contributed by atoms with Crippen LogP contribution in [0.15, 0.2) is 24.3 Å². The molecule has 2 amide bonds. The number of nitrogens with zero attached hydrogens (tertiary/aromatic N) is 2. The smallest absolute Gasteiger partial charge is 0.248 e. The van der Waals surface area contributed by atoms with Crippen LogP contribution >= 0.6 is 0 Å². The van der Waals surface area contributed by atoms with Gasteiger partial charge in [-0.05, 0) is 36.8 Å². The van der Waals surface area contributed by atoms with E-state index in [0.29, 0.717) is 6.54 Å². The zero-order valence-corrected chi connectivity index (χ0v) is 14.2. The maximum Gasteiger partial charge on any atom is 0.248 e. The predicted octanol–water partition coefficient (Wildman–Crippen LogP) is 1.57. The zero-order valence-electron chi connectivity index (χ0n) is 14.2. The minimum atomic E-state index is -0.257. The van der Waals surface area contributed by atoms with E-state index >= 15 is 0 Å². The van der Waals surface area contributed by atoms with Gasteiger partial charge < -0.3 is 14.5 Å². The maximum absolute atomic E-state index is 13.0. The van der Waals surface area contributed by atoms with Gasteiger partial charge >= 0.3 is 0 Å². The summed E-state index contributed by atoms with van der Waals surface area (Å²) in [6.45, 7) is 2.25. The Hall–Kier alpha value is -1.88. The molecular weight excluding hydrogens is 304 g/mol. The van der Waals surface area contributed by atoms with Crippen molar-refractivity contribution in [2.24, 2.45) is 0 Å². The molecule has 128 valence electrons. The number of rotatable bonds is 1. The number of benzene rings is 1. The highest BCUT2D eigenvalue weighted by molar-refractivity contribution is 5.85. The van der Waals surface area contributed by atoms with Crippen LogP contribution in [-0.4, -0.2) is 60.5 Å². The molecule has 2 fully saturated rings. The van der Waals surface area contributed by atoms with Gasteiger partial charge in [0.1, 0.15) is 6.61 Å². The number of hydrogen-bond acceptors (Lipinski definition) is 3. The SMILES string of the molecule is CN1CC2(CCN(C(=O)C3CCc4ccccc43)CC2)OCC1=O. The van der Waals surface area contributed by atoms with Crippen LogP contribution in [0.4, 0.5) is 0 Å². The van der Waals surface area contributed by atoms with Crippen LogP contribution in [0.25, 0.3) is 0 Å². The molecule has 2 saturated heterocycles. The topological polar surface area (TPSA) is 49.9 Å². The Kier molecular flexibility index (Phi) is 3.83. The van der Waals surface area contributed by atoms with Crippen molar-refractivity contribution < 1.29 is 14.3 Å². The van der Waals surface area contributed by atoms with Crippen LogP contribution in [-0.2, 0) is 20.7 Å². The van der Waals surface area contributed by atoms with Gasteiger partial charge in [0.2, 0.25) is 11.8 Å². The minimum Gasteiger partial charge on any atom is -0.363 e. The van der Waals surface area contributed by atoms with E-state index in [1.807, 2.05) is 18.0 Å². The van der Waals surface area contributed by atoms with Crippen LogP contribution < -0.4 is 0 Å². The molecule has 3 aliphatic rings. The summed E-state index contributed by atoms with van der Waals surface area (Å²) in [6, 6.07) is 8.31. The molecule has 1 atom stereocenters. The number of fused-ring (bicyclic) bond motifs is 1. The van der Waals surface area contributed by atoms with Crippen molar-refractivity contribution in [1.82, 2.24) is 9.80 Å². The fourth-order valence-corrected chi connectivity index (χ4v) is 4.36. The van der Waals surface area contributed by atoms with Crippen LogP contribution in [0.2, 0.25) is 0 Å². The molecule has 0 saturated carbocycles. The van der Waals surface area contributed by atoms with E-state index in [-0.39, 0.29) is 29.9 Å². The number of likely N-dealkylation sites (N-methyl/N-ethyl adjacent to an activating group) is 1. The minimum absolute atomic E-state index is 0.0202. The van der Waals surface area contributed by atoms with E-state index in [4.69, 9.17) is 4.74 Å². The third kappa shape index (κ3) is 2.61. The third-order valence-corrected chi connectivity index (χ3v) is 5.87. The summed E-state index contributed by atoms with van der Waals surface area (Å²) in [5.74, 6) is 0.323. The van der Waals surface area contributed by atoms with Gasteiger partial charge in [-0.3, -0.25) is 9.59 Å². The molecule has 1 aromatic rings. The van der Waals surface area contributed by atoms with Crippen molar-refractivity contribution in [2.75, 3.05) is 33.3 Å². The number of carbonyl (C=O) groups excluding carboxylic acids is 2. The fraction of sp³-hybridized carbons (Fsp3) is 0.579. The van der Waals surface area contributed by atoms with Gasteiger partial charge in [-0.1, -0.05) is 24.3 Å². The number of likely N-dealkylation sites (tertiary alicyclic amines) is 1. The molecule has 0 N–H and O–H groups in total. The molecule has 1 unspecified atom stereocenters. The van der Waals surface area contributed by atoms with Gasteiger partial charge in [0, 0.05) is 26.7 Å². The normalized spacial score (nSPS) is 25.9. The predicted molar refractivity (Wildman–Crippen MR) is 89.6 cm³/mol. The Morgan fingerprint density at radius 3 is 2.75 bits per heavy atom. The molecule has 5 nitrogen and oxygen atoms in total. The first-order chi connectivity index (χ1) is 11.6. The molecule has 1 aliphatic carbocycles. The number of ether oxygens (including phenoxy) is 1. The Labute approximate surface area is 142 Å². The summed E-state index contributed by atoms with van der Waals surface area (Å²) in [5.41, 5.74) is 2.27. The largest absolute Gasteiger partial charge is 0.363 e. The van der Waals surface area contributed by atoms with Gasteiger partial charge in [-0.2, -0.15) is 0 Å². The van der Waals surface area contributed by atoms with Crippen LogP contribution in [0.3, 0.4) is 0 Å². The highest BCUT2D eigenvalue weighted by atomic mass is 16.5. The lowest BCUT2D eigenvalue weighted by Gasteiger charge is -2.46. The average molecular weight is 328 g/mol. The zero-order chi connectivity index (χ0) is 16.7. The van der Waals surface area contributed by atoms with E-state index in [2.05, 4.69) is 18.2 Å². The summed E-state index contributed by atoms with van der Waals surface area (Å²) in [5, 5.41) is 0. The number of hydrogen-bond donors (Lipinski definition) is 0. The molecule has 0 aromatic heterocycles. The van der Waals surface area contributed by atoms with Crippen molar-refractivity contribution in [1.29, 1.82) is 0 Å². The van der Waals surface area contributed by atoms with Crippen molar-refractivity contribution in [2.45, 2.75) is 37.2 Å². The lowest BCUT2D eigenvalue weighted by atomic mass is 9.88.